The van der Waals surface area contributed by atoms with Gasteiger partial charge in [0.1, 0.15) is 5.82 Å². The summed E-state index contributed by atoms with van der Waals surface area (Å²) in [7, 11) is 0. The molecule has 1 heterocycles. The monoisotopic (exact) mass is 234 g/mol. The highest BCUT2D eigenvalue weighted by Gasteiger charge is 2.07. The normalized spacial score (nSPS) is 10.3. The highest BCUT2D eigenvalue weighted by molar-refractivity contribution is 5.58. The second-order valence-electron chi connectivity index (χ2n) is 3.53. The van der Waals surface area contributed by atoms with E-state index in [1.807, 2.05) is 0 Å². The smallest absolute Gasteiger partial charge is 0.165 e. The molecule has 0 spiro atoms. The van der Waals surface area contributed by atoms with E-state index in [9.17, 15) is 4.39 Å². The first kappa shape index (κ1) is 11.3. The van der Waals surface area contributed by atoms with Gasteiger partial charge >= 0.3 is 0 Å². The fourth-order valence-electron chi connectivity index (χ4n) is 1.42. The molecule has 0 aliphatic carbocycles. The topological polar surface area (TPSA) is 84.1 Å². The standard InChI is InChI=1S/C11H11FN4O/c1-6-4-10(16-13)15-11(14-6)7-2-3-9(17)8(12)5-7/h2-5,17H,13H2,1H3,(H,14,15,16). The number of hydrazine groups is 1. The van der Waals surface area contributed by atoms with Crippen molar-refractivity contribution in [1.29, 1.82) is 0 Å². The largest absolute Gasteiger partial charge is 0.505 e. The number of rotatable bonds is 2. The first-order chi connectivity index (χ1) is 8.10. The van der Waals surface area contributed by atoms with Crippen LogP contribution in [-0.4, -0.2) is 15.1 Å². The fraction of sp³-hybridized carbons (Fsp3) is 0.0909. The second-order valence-corrected chi connectivity index (χ2v) is 3.53. The number of anilines is 1. The summed E-state index contributed by atoms with van der Waals surface area (Å²) in [6, 6.07) is 5.63. The molecule has 88 valence electrons. The number of aryl methyl sites for hydroxylation is 1. The minimum absolute atomic E-state index is 0.344. The molecule has 0 saturated carbocycles. The molecular weight excluding hydrogens is 223 g/mol. The molecule has 2 rings (SSSR count). The summed E-state index contributed by atoms with van der Waals surface area (Å²) in [5.41, 5.74) is 3.59. The third kappa shape index (κ3) is 2.31. The van der Waals surface area contributed by atoms with Crippen LogP contribution in [0.25, 0.3) is 11.4 Å². The first-order valence-electron chi connectivity index (χ1n) is 4.91. The lowest BCUT2D eigenvalue weighted by molar-refractivity contribution is 0.432. The Morgan fingerprint density at radius 3 is 2.71 bits per heavy atom. The molecule has 1 aromatic heterocycles. The number of hydrogen-bond acceptors (Lipinski definition) is 5. The molecule has 17 heavy (non-hydrogen) atoms. The van der Waals surface area contributed by atoms with Gasteiger partial charge in [-0.3, -0.25) is 0 Å². The summed E-state index contributed by atoms with van der Waals surface area (Å²) in [6.45, 7) is 1.78. The van der Waals surface area contributed by atoms with Crippen molar-refractivity contribution in [2.24, 2.45) is 5.84 Å². The van der Waals surface area contributed by atoms with Gasteiger partial charge in [0.2, 0.25) is 0 Å². The van der Waals surface area contributed by atoms with E-state index in [4.69, 9.17) is 10.9 Å². The number of hydrogen-bond donors (Lipinski definition) is 3. The summed E-state index contributed by atoms with van der Waals surface area (Å²) < 4.78 is 13.2. The Balaban J connectivity index is 2.52. The van der Waals surface area contributed by atoms with E-state index < -0.39 is 11.6 Å². The number of aromatic hydroxyl groups is 1. The number of phenols is 1. The number of benzene rings is 1. The van der Waals surface area contributed by atoms with E-state index in [1.165, 1.54) is 18.2 Å². The lowest BCUT2D eigenvalue weighted by Crippen LogP contribution is -2.10. The van der Waals surface area contributed by atoms with Crippen molar-refractivity contribution >= 4 is 5.82 Å². The zero-order valence-electron chi connectivity index (χ0n) is 9.11. The Bertz CT molecular complexity index is 559. The van der Waals surface area contributed by atoms with Gasteiger partial charge in [-0.1, -0.05) is 0 Å². The van der Waals surface area contributed by atoms with Gasteiger partial charge in [-0.25, -0.2) is 20.2 Å². The lowest BCUT2D eigenvalue weighted by atomic mass is 10.2. The predicted octanol–water partition coefficient (Wildman–Crippen LogP) is 1.58. The molecular formula is C11H11FN4O. The molecule has 0 bridgehead atoms. The number of nitrogens with zero attached hydrogens (tertiary/aromatic N) is 2. The van der Waals surface area contributed by atoms with Crippen LogP contribution in [0, 0.1) is 12.7 Å². The maximum Gasteiger partial charge on any atom is 0.165 e. The number of nitrogens with two attached hydrogens (primary N) is 1. The molecule has 0 aliphatic rings. The Morgan fingerprint density at radius 1 is 1.29 bits per heavy atom. The minimum atomic E-state index is -0.713. The van der Waals surface area contributed by atoms with Gasteiger partial charge in [0.15, 0.2) is 17.4 Å². The molecule has 0 saturated heterocycles. The van der Waals surface area contributed by atoms with Crippen molar-refractivity contribution in [3.63, 3.8) is 0 Å². The summed E-state index contributed by atoms with van der Waals surface area (Å²) >= 11 is 0. The molecule has 0 fully saturated rings. The molecule has 0 amide bonds. The number of nitrogen functional groups attached to an aromatic ring is 1. The Hall–Kier alpha value is -2.21. The molecule has 0 radical (unpaired) electrons. The molecule has 1 aromatic carbocycles. The minimum Gasteiger partial charge on any atom is -0.505 e. The number of phenolic OH excluding ortho intramolecular Hbond substituents is 1. The van der Waals surface area contributed by atoms with Gasteiger partial charge in [0, 0.05) is 17.3 Å². The van der Waals surface area contributed by atoms with Crippen molar-refractivity contribution in [1.82, 2.24) is 9.97 Å². The van der Waals surface area contributed by atoms with Crippen molar-refractivity contribution < 1.29 is 9.50 Å². The van der Waals surface area contributed by atoms with Gasteiger partial charge < -0.3 is 10.5 Å². The summed E-state index contributed by atoms with van der Waals surface area (Å²) in [5, 5.41) is 9.10. The first-order valence-corrected chi connectivity index (χ1v) is 4.91. The van der Waals surface area contributed by atoms with Crippen molar-refractivity contribution in [2.75, 3.05) is 5.43 Å². The Morgan fingerprint density at radius 2 is 2.06 bits per heavy atom. The van der Waals surface area contributed by atoms with Gasteiger partial charge in [-0.05, 0) is 25.1 Å². The van der Waals surface area contributed by atoms with Crippen LogP contribution < -0.4 is 11.3 Å². The van der Waals surface area contributed by atoms with Gasteiger partial charge in [-0.15, -0.1) is 0 Å². The van der Waals surface area contributed by atoms with Crippen LogP contribution in [0.2, 0.25) is 0 Å². The van der Waals surface area contributed by atoms with Crippen LogP contribution >= 0.6 is 0 Å². The molecule has 0 unspecified atom stereocenters. The Labute approximate surface area is 97.1 Å². The SMILES string of the molecule is Cc1cc(NN)nc(-c2ccc(O)c(F)c2)n1. The highest BCUT2D eigenvalue weighted by atomic mass is 19.1. The van der Waals surface area contributed by atoms with E-state index in [0.29, 0.717) is 22.9 Å². The second kappa shape index (κ2) is 4.34. The zero-order chi connectivity index (χ0) is 12.4. The Kier molecular flexibility index (Phi) is 2.88. The van der Waals surface area contributed by atoms with E-state index in [0.717, 1.165) is 0 Å². The maximum atomic E-state index is 13.2. The van der Waals surface area contributed by atoms with E-state index in [2.05, 4.69) is 15.4 Å². The van der Waals surface area contributed by atoms with Crippen LogP contribution in [0.1, 0.15) is 5.69 Å². The molecule has 5 nitrogen and oxygen atoms in total. The highest BCUT2D eigenvalue weighted by Crippen LogP contribution is 2.23. The van der Waals surface area contributed by atoms with Crippen LogP contribution in [0.3, 0.4) is 0 Å². The zero-order valence-corrected chi connectivity index (χ0v) is 9.11. The molecule has 4 N–H and O–H groups in total. The van der Waals surface area contributed by atoms with E-state index in [-0.39, 0.29) is 0 Å². The van der Waals surface area contributed by atoms with Crippen LogP contribution in [0.5, 0.6) is 5.75 Å². The van der Waals surface area contributed by atoms with Crippen molar-refractivity contribution in [3.8, 4) is 17.1 Å². The summed E-state index contributed by atoms with van der Waals surface area (Å²) in [4.78, 5) is 8.27. The maximum absolute atomic E-state index is 13.2. The van der Waals surface area contributed by atoms with E-state index >= 15 is 0 Å². The van der Waals surface area contributed by atoms with Crippen molar-refractivity contribution in [3.05, 3.63) is 35.8 Å². The van der Waals surface area contributed by atoms with Crippen LogP contribution in [-0.2, 0) is 0 Å². The van der Waals surface area contributed by atoms with Gasteiger partial charge in [0.05, 0.1) is 0 Å². The molecule has 6 heteroatoms. The molecule has 0 aliphatic heterocycles. The fourth-order valence-corrected chi connectivity index (χ4v) is 1.42. The molecule has 2 aromatic rings. The quantitative estimate of drug-likeness (QED) is 0.542. The third-order valence-corrected chi connectivity index (χ3v) is 2.21. The number of halogens is 1. The number of aromatic nitrogens is 2. The van der Waals surface area contributed by atoms with E-state index in [1.54, 1.807) is 13.0 Å². The van der Waals surface area contributed by atoms with Crippen LogP contribution in [0.4, 0.5) is 10.2 Å². The average molecular weight is 234 g/mol. The third-order valence-electron chi connectivity index (χ3n) is 2.21. The summed E-state index contributed by atoms with van der Waals surface area (Å²) in [6.07, 6.45) is 0. The summed E-state index contributed by atoms with van der Waals surface area (Å²) in [5.74, 6) is 4.94. The predicted molar refractivity (Wildman–Crippen MR) is 61.6 cm³/mol. The van der Waals surface area contributed by atoms with Crippen molar-refractivity contribution in [2.45, 2.75) is 6.92 Å². The van der Waals surface area contributed by atoms with Gasteiger partial charge in [0.25, 0.3) is 0 Å². The van der Waals surface area contributed by atoms with Crippen LogP contribution in [0.15, 0.2) is 24.3 Å². The molecule has 0 atom stereocenters. The average Bonchev–Trinajstić information content (AvgIpc) is 2.32. The lowest BCUT2D eigenvalue weighted by Gasteiger charge is -2.05. The van der Waals surface area contributed by atoms with Gasteiger partial charge in [-0.2, -0.15) is 0 Å². The number of nitrogens with one attached hydrogen (secondary N) is 1.